The van der Waals surface area contributed by atoms with Crippen LogP contribution in [0, 0.1) is 0 Å². The Morgan fingerprint density at radius 3 is 2.29 bits per heavy atom. The van der Waals surface area contributed by atoms with Crippen LogP contribution in [0.2, 0.25) is 18.1 Å². The lowest BCUT2D eigenvalue weighted by Crippen LogP contribution is -2.41. The summed E-state index contributed by atoms with van der Waals surface area (Å²) in [6.45, 7) is 14.2. The lowest BCUT2D eigenvalue weighted by Gasteiger charge is -2.36. The van der Waals surface area contributed by atoms with E-state index in [9.17, 15) is 29.6 Å². The first-order valence-corrected chi connectivity index (χ1v) is 17.1. The summed E-state index contributed by atoms with van der Waals surface area (Å²) < 4.78 is 45.8. The highest BCUT2D eigenvalue weighted by atomic mass is 31.2. The van der Waals surface area contributed by atoms with Gasteiger partial charge in [-0.05, 0) is 31.5 Å². The molecule has 7 atom stereocenters. The molecule has 1 aromatic rings. The molecule has 0 spiro atoms. The van der Waals surface area contributed by atoms with Gasteiger partial charge < -0.3 is 35.1 Å². The third-order valence-corrected chi connectivity index (χ3v) is 14.3. The minimum Gasteiger partial charge on any atom is -0.412 e. The van der Waals surface area contributed by atoms with Crippen LogP contribution in [0.5, 0.6) is 0 Å². The van der Waals surface area contributed by atoms with Gasteiger partial charge in [0, 0.05) is 24.6 Å². The second-order valence-electron chi connectivity index (χ2n) is 11.6. The van der Waals surface area contributed by atoms with Crippen molar-refractivity contribution < 1.29 is 42.9 Å². The van der Waals surface area contributed by atoms with E-state index in [1.165, 1.54) is 20.0 Å². The Labute approximate surface area is 223 Å². The minimum atomic E-state index is -4.86. The van der Waals surface area contributed by atoms with Gasteiger partial charge >= 0.3 is 13.3 Å². The number of hydrogen-bond acceptors (Lipinski definition) is 10. The molecular formula is C23H43FN3O9PSi. The molecule has 0 aromatic carbocycles. The van der Waals surface area contributed by atoms with E-state index in [1.807, 2.05) is 13.1 Å². The smallest absolute Gasteiger partial charge is 0.361 e. The van der Waals surface area contributed by atoms with E-state index >= 15 is 4.39 Å². The van der Waals surface area contributed by atoms with Gasteiger partial charge in [0.15, 0.2) is 19.9 Å². The Morgan fingerprint density at radius 2 is 1.79 bits per heavy atom. The molecule has 0 aliphatic carbocycles. The van der Waals surface area contributed by atoms with Crippen molar-refractivity contribution in [2.75, 3.05) is 5.73 Å². The number of nitrogens with two attached hydrogens (primary N) is 1. The Balaban J connectivity index is 2.30. The van der Waals surface area contributed by atoms with Crippen molar-refractivity contribution in [3.8, 4) is 0 Å². The number of anilines is 1. The Hall–Kier alpha value is -1.22. The van der Waals surface area contributed by atoms with Crippen LogP contribution in [0.25, 0.3) is 0 Å². The Morgan fingerprint density at radius 1 is 1.21 bits per heavy atom. The number of aromatic nitrogens is 2. The first-order chi connectivity index (χ1) is 17.1. The fraction of sp³-hybridized carbons (Fsp3) is 0.826. The van der Waals surface area contributed by atoms with Crippen molar-refractivity contribution in [2.24, 2.45) is 0 Å². The highest BCUT2D eigenvalue weighted by molar-refractivity contribution is 7.54. The molecule has 3 unspecified atom stereocenters. The van der Waals surface area contributed by atoms with Crippen LogP contribution in [0.3, 0.4) is 0 Å². The van der Waals surface area contributed by atoms with Crippen LogP contribution in [-0.4, -0.2) is 67.6 Å². The third kappa shape index (κ3) is 6.91. The van der Waals surface area contributed by atoms with Crippen molar-refractivity contribution in [2.45, 2.75) is 121 Å². The number of hydrogen-bond donors (Lipinski definition) is 5. The Kier molecular flexibility index (Phi) is 9.84. The maximum Gasteiger partial charge on any atom is 0.361 e. The molecule has 38 heavy (non-hydrogen) atoms. The normalized spacial score (nSPS) is 27.5. The predicted molar refractivity (Wildman–Crippen MR) is 141 cm³/mol. The van der Waals surface area contributed by atoms with E-state index in [1.54, 1.807) is 0 Å². The highest BCUT2D eigenvalue weighted by Crippen LogP contribution is 2.59. The first kappa shape index (κ1) is 33.0. The molecule has 1 saturated heterocycles. The summed E-state index contributed by atoms with van der Waals surface area (Å²) >= 11 is 0. The zero-order valence-corrected chi connectivity index (χ0v) is 25.2. The van der Waals surface area contributed by atoms with Crippen molar-refractivity contribution in [3.63, 3.8) is 0 Å². The van der Waals surface area contributed by atoms with E-state index < -0.39 is 70.2 Å². The van der Waals surface area contributed by atoms with Crippen LogP contribution >= 0.6 is 7.60 Å². The maximum atomic E-state index is 15.6. The maximum absolute atomic E-state index is 15.6. The molecule has 2 rings (SSSR count). The van der Waals surface area contributed by atoms with Gasteiger partial charge in [-0.1, -0.05) is 34.6 Å². The summed E-state index contributed by atoms with van der Waals surface area (Å²) in [5.41, 5.74) is 5.44. The van der Waals surface area contributed by atoms with Crippen molar-refractivity contribution >= 4 is 21.7 Å². The number of nitrogen functional groups attached to an aromatic ring is 1. The second kappa shape index (κ2) is 11.3. The molecule has 0 bridgehead atoms. The fourth-order valence-corrected chi connectivity index (χ4v) is 5.68. The van der Waals surface area contributed by atoms with E-state index in [-0.39, 0.29) is 23.9 Å². The van der Waals surface area contributed by atoms with Gasteiger partial charge in [-0.3, -0.25) is 13.7 Å². The topological polar surface area (TPSA) is 187 Å². The van der Waals surface area contributed by atoms with Gasteiger partial charge in [0.25, 0.3) is 0 Å². The number of nitrogens with zero attached hydrogens (tertiary/aromatic N) is 2. The van der Waals surface area contributed by atoms with E-state index in [2.05, 4.69) is 25.8 Å². The summed E-state index contributed by atoms with van der Waals surface area (Å²) in [6.07, 6.45) is -6.28. The van der Waals surface area contributed by atoms with Gasteiger partial charge in [-0.15, -0.1) is 0 Å². The average molecular weight is 584 g/mol. The summed E-state index contributed by atoms with van der Waals surface area (Å²) in [5, 5.41) is 29.2. The number of alkyl halides is 1. The van der Waals surface area contributed by atoms with Crippen LogP contribution in [0.4, 0.5) is 10.2 Å². The standard InChI is InChI=1S/C23H43FN3O9PSi/c1-9-22(6,31)37(32,33)36-23(24,10-2)11-15-16(28)17(29)19(35-15)27-12-14(18(25)26-20(27)30)13-34-38(7,8)21(3,4)5/h12,15-17,19,28-29,31H,9-11,13H2,1-8H3,(H,32,33)(H2,25,26,30)/t15-,16-,17-,19-,22?,23?/m1/s1. The number of rotatable bonds is 11. The molecule has 220 valence electrons. The summed E-state index contributed by atoms with van der Waals surface area (Å²) in [6, 6.07) is 0. The van der Waals surface area contributed by atoms with Gasteiger partial charge in [0.2, 0.25) is 5.85 Å². The van der Waals surface area contributed by atoms with Crippen molar-refractivity contribution in [1.29, 1.82) is 0 Å². The molecule has 0 amide bonds. The van der Waals surface area contributed by atoms with E-state index in [4.69, 9.17) is 19.4 Å². The number of ether oxygens (including phenoxy) is 1. The molecule has 6 N–H and O–H groups in total. The molecule has 15 heteroatoms. The molecule has 1 fully saturated rings. The number of aliphatic hydroxyl groups excluding tert-OH is 2. The summed E-state index contributed by atoms with van der Waals surface area (Å²) in [5.74, 6) is -2.85. The molecule has 1 aliphatic heterocycles. The van der Waals surface area contributed by atoms with Gasteiger partial charge in [-0.2, -0.15) is 4.98 Å². The van der Waals surface area contributed by atoms with Gasteiger partial charge in [0.05, 0.1) is 12.7 Å². The molecule has 2 heterocycles. The van der Waals surface area contributed by atoms with Crippen molar-refractivity contribution in [1.82, 2.24) is 9.55 Å². The lowest BCUT2D eigenvalue weighted by molar-refractivity contribution is -0.133. The molecule has 1 aromatic heterocycles. The molecular weight excluding hydrogens is 540 g/mol. The largest absolute Gasteiger partial charge is 0.412 e. The first-order valence-electron chi connectivity index (χ1n) is 12.6. The monoisotopic (exact) mass is 583 g/mol. The quantitative estimate of drug-likeness (QED) is 0.190. The summed E-state index contributed by atoms with van der Waals surface area (Å²) in [4.78, 5) is 26.6. The number of aliphatic hydroxyl groups is 3. The van der Waals surface area contributed by atoms with Crippen LogP contribution in [0.1, 0.15) is 72.6 Å². The fourth-order valence-electron chi connectivity index (χ4n) is 3.48. The predicted octanol–water partition coefficient (Wildman–Crippen LogP) is 2.75. The summed E-state index contributed by atoms with van der Waals surface area (Å²) in [7, 11) is -7.04. The highest BCUT2D eigenvalue weighted by Gasteiger charge is 2.52. The molecule has 0 saturated carbocycles. The van der Waals surface area contributed by atoms with Crippen LogP contribution in [-0.2, 0) is 24.9 Å². The lowest BCUT2D eigenvalue weighted by atomic mass is 10.0. The van der Waals surface area contributed by atoms with E-state index in [0.29, 0.717) is 5.56 Å². The zero-order chi connectivity index (χ0) is 29.5. The second-order valence-corrected chi connectivity index (χ2v) is 18.6. The number of halogens is 1. The van der Waals surface area contributed by atoms with E-state index in [0.717, 1.165) is 11.5 Å². The van der Waals surface area contributed by atoms with Crippen LogP contribution in [0.15, 0.2) is 11.0 Å². The molecule has 1 aliphatic rings. The van der Waals surface area contributed by atoms with Crippen LogP contribution < -0.4 is 11.4 Å². The SMILES string of the molecule is CCC(F)(C[C@H]1O[C@@H](n2cc(CO[Si](C)(C)C(C)(C)C)c(N)nc2=O)[C@H](O)[C@@H]1O)OP(=O)(O)C(C)(O)CC. The van der Waals surface area contributed by atoms with Gasteiger partial charge in [0.1, 0.15) is 18.0 Å². The minimum absolute atomic E-state index is 0.0464. The van der Waals surface area contributed by atoms with Gasteiger partial charge in [-0.25, -0.2) is 9.18 Å². The molecule has 0 radical (unpaired) electrons. The molecule has 12 nitrogen and oxygen atoms in total. The third-order valence-electron chi connectivity index (χ3n) is 7.67. The zero-order valence-electron chi connectivity index (χ0n) is 23.3. The average Bonchev–Trinajstić information content (AvgIpc) is 3.05. The Bertz CT molecular complexity index is 1100. The van der Waals surface area contributed by atoms with Crippen molar-refractivity contribution in [3.05, 3.63) is 22.2 Å².